The number of hydrogen-bond acceptors (Lipinski definition) is 4. The lowest BCUT2D eigenvalue weighted by Gasteiger charge is -2.19. The highest BCUT2D eigenvalue weighted by molar-refractivity contribution is 6.38. The Morgan fingerprint density at radius 3 is 1.53 bits per heavy atom. The number of nitrogens with zero attached hydrogens (tertiary/aromatic N) is 4. The van der Waals surface area contributed by atoms with E-state index in [1.54, 1.807) is 6.07 Å². The molecular weight excluding hydrogens is 496 g/mol. The molecule has 38 heavy (non-hydrogen) atoms. The molecule has 3 atom stereocenters. The highest BCUT2D eigenvalue weighted by atomic mass is 35.5. The van der Waals surface area contributed by atoms with Crippen LogP contribution in [0.25, 0.3) is 0 Å². The van der Waals surface area contributed by atoms with E-state index in [1.807, 2.05) is 96.1 Å². The van der Waals surface area contributed by atoms with Crippen LogP contribution in [0, 0.1) is 38.5 Å². The van der Waals surface area contributed by atoms with Crippen molar-refractivity contribution in [1.29, 1.82) is 0 Å². The van der Waals surface area contributed by atoms with Crippen LogP contribution in [0.1, 0.15) is 47.6 Å². The second-order valence-electron chi connectivity index (χ2n) is 10.7. The summed E-state index contributed by atoms with van der Waals surface area (Å²) in [5.41, 5.74) is 5.26. The molecule has 6 rings (SSSR count). The third kappa shape index (κ3) is 2.89. The monoisotopic (exact) mass is 524 g/mol. The van der Waals surface area contributed by atoms with E-state index in [-0.39, 0.29) is 11.8 Å². The number of carbonyl (C=O) groups is 2. The van der Waals surface area contributed by atoms with Gasteiger partial charge in [0.05, 0.1) is 22.8 Å². The number of carbonyl (C=O) groups excluding carboxylic acids is 2. The summed E-state index contributed by atoms with van der Waals surface area (Å²) in [4.78, 5) is 29.1. The number of fused-ring (bicyclic) bond motifs is 1. The van der Waals surface area contributed by atoms with E-state index in [2.05, 4.69) is 0 Å². The van der Waals surface area contributed by atoms with Gasteiger partial charge in [-0.1, -0.05) is 41.9 Å². The molecule has 0 saturated heterocycles. The van der Waals surface area contributed by atoms with Gasteiger partial charge in [0.25, 0.3) is 11.8 Å². The van der Waals surface area contributed by atoms with Crippen LogP contribution in [0.2, 0.25) is 5.02 Å². The maximum Gasteiger partial charge on any atom is 0.261 e. The van der Waals surface area contributed by atoms with Gasteiger partial charge >= 0.3 is 0 Å². The lowest BCUT2D eigenvalue weighted by Crippen LogP contribution is -2.40. The zero-order valence-electron chi connectivity index (χ0n) is 22.3. The molecule has 3 aromatic rings. The summed E-state index contributed by atoms with van der Waals surface area (Å²) < 4.78 is 0. The summed E-state index contributed by atoms with van der Waals surface area (Å²) in [6.07, 6.45) is 0. The van der Waals surface area contributed by atoms with E-state index in [1.165, 1.54) is 10.0 Å². The molecule has 0 aromatic heterocycles. The molecule has 2 aliphatic heterocycles. The molecule has 7 heteroatoms. The van der Waals surface area contributed by atoms with Crippen LogP contribution >= 0.6 is 11.6 Å². The smallest absolute Gasteiger partial charge is 0.261 e. The number of benzene rings is 3. The fourth-order valence-corrected chi connectivity index (χ4v) is 6.72. The average Bonchev–Trinajstić information content (AvgIpc) is 3.35. The van der Waals surface area contributed by atoms with Crippen LogP contribution in [0.15, 0.2) is 70.9 Å². The Kier molecular flexibility index (Phi) is 5.24. The summed E-state index contributed by atoms with van der Waals surface area (Å²) in [5.74, 6) is -0.981. The third-order valence-electron chi connectivity index (χ3n) is 8.79. The van der Waals surface area contributed by atoms with Crippen LogP contribution in [-0.2, 0) is 9.59 Å². The van der Waals surface area contributed by atoms with Crippen molar-refractivity contribution in [2.24, 2.45) is 21.0 Å². The molecule has 6 nitrogen and oxygen atoms in total. The van der Waals surface area contributed by atoms with Crippen molar-refractivity contribution in [3.05, 3.63) is 93.5 Å². The van der Waals surface area contributed by atoms with Crippen molar-refractivity contribution in [3.63, 3.8) is 0 Å². The number of hydrogen-bond donors (Lipinski definition) is 0. The fraction of sp³-hybridized carbons (Fsp3) is 0.290. The summed E-state index contributed by atoms with van der Waals surface area (Å²) >= 11 is 6.73. The van der Waals surface area contributed by atoms with Gasteiger partial charge in [0.15, 0.2) is 0 Å². The first-order valence-corrected chi connectivity index (χ1v) is 13.1. The first-order chi connectivity index (χ1) is 18.1. The van der Waals surface area contributed by atoms with Crippen LogP contribution in [-0.4, -0.2) is 23.2 Å². The second-order valence-corrected chi connectivity index (χ2v) is 11.1. The van der Waals surface area contributed by atoms with E-state index in [0.29, 0.717) is 27.8 Å². The van der Waals surface area contributed by atoms with Gasteiger partial charge in [-0.05, 0) is 99.7 Å². The van der Waals surface area contributed by atoms with Gasteiger partial charge in [-0.3, -0.25) is 9.59 Å². The van der Waals surface area contributed by atoms with Gasteiger partial charge < -0.3 is 0 Å². The lowest BCUT2D eigenvalue weighted by molar-refractivity contribution is -0.126. The molecule has 1 aliphatic carbocycles. The molecule has 0 bridgehead atoms. The van der Waals surface area contributed by atoms with Gasteiger partial charge in [0.2, 0.25) is 0 Å². The molecule has 0 radical (unpaired) electrons. The van der Waals surface area contributed by atoms with E-state index in [4.69, 9.17) is 21.8 Å². The first kappa shape index (κ1) is 24.6. The van der Waals surface area contributed by atoms with E-state index >= 15 is 0 Å². The van der Waals surface area contributed by atoms with Crippen molar-refractivity contribution in [3.8, 4) is 0 Å². The van der Waals surface area contributed by atoms with Gasteiger partial charge in [0, 0.05) is 10.9 Å². The Bertz CT molecular complexity index is 1530. The predicted octanol–water partition coefficient (Wildman–Crippen LogP) is 6.49. The molecule has 2 heterocycles. The fourth-order valence-electron chi connectivity index (χ4n) is 6.48. The molecular formula is C31H29ClN4O2. The van der Waals surface area contributed by atoms with Crippen LogP contribution in [0.5, 0.6) is 0 Å². The van der Waals surface area contributed by atoms with Crippen molar-refractivity contribution in [1.82, 2.24) is 0 Å². The zero-order valence-corrected chi connectivity index (χ0v) is 23.1. The van der Waals surface area contributed by atoms with Crippen LogP contribution < -0.4 is 10.0 Å². The third-order valence-corrected chi connectivity index (χ3v) is 9.14. The Morgan fingerprint density at radius 1 is 0.658 bits per heavy atom. The molecule has 0 N–H and O–H groups in total. The topological polar surface area (TPSA) is 65.3 Å². The summed E-state index contributed by atoms with van der Waals surface area (Å²) in [6.45, 7) is 11.8. The number of hydrazone groups is 2. The maximum absolute atomic E-state index is 14.5. The highest BCUT2D eigenvalue weighted by Gasteiger charge is 2.91. The summed E-state index contributed by atoms with van der Waals surface area (Å²) in [7, 11) is 0. The van der Waals surface area contributed by atoms with Crippen molar-refractivity contribution >= 4 is 46.2 Å². The van der Waals surface area contributed by atoms with E-state index in [9.17, 15) is 9.59 Å². The van der Waals surface area contributed by atoms with Crippen molar-refractivity contribution in [2.45, 2.75) is 47.5 Å². The van der Waals surface area contributed by atoms with Gasteiger partial charge in [-0.2, -0.15) is 20.2 Å². The predicted molar refractivity (Wildman–Crippen MR) is 152 cm³/mol. The van der Waals surface area contributed by atoms with E-state index < -0.39 is 16.7 Å². The largest absolute Gasteiger partial charge is 0.271 e. The molecule has 3 aliphatic rings. The minimum Gasteiger partial charge on any atom is -0.271 e. The molecule has 1 saturated carbocycles. The number of aryl methyl sites for hydroxylation is 4. The van der Waals surface area contributed by atoms with E-state index in [0.717, 1.165) is 27.8 Å². The van der Waals surface area contributed by atoms with Gasteiger partial charge in [-0.15, -0.1) is 0 Å². The number of halogens is 1. The Morgan fingerprint density at radius 2 is 1.11 bits per heavy atom. The second kappa shape index (κ2) is 8.11. The number of anilines is 2. The average molecular weight is 525 g/mol. The van der Waals surface area contributed by atoms with Gasteiger partial charge in [0.1, 0.15) is 10.8 Å². The molecule has 3 aromatic carbocycles. The normalized spacial score (nSPS) is 26.0. The molecule has 192 valence electrons. The molecule has 2 spiro atoms. The highest BCUT2D eigenvalue weighted by Crippen LogP contribution is 2.79. The SMILES string of the molecule is CC1=NN(c2ccc(C)c(C)c2)C(=O)[C@@]12C(c1ccccc1Cl)[C@]21C(=O)N(c2ccc(C)c(C)c2)N=C1C. The zero-order chi connectivity index (χ0) is 27.1. The van der Waals surface area contributed by atoms with Crippen LogP contribution in [0.4, 0.5) is 11.4 Å². The molecule has 1 fully saturated rings. The Balaban J connectivity index is 1.53. The Labute approximate surface area is 227 Å². The standard InChI is InChI=1S/C31H29ClN4O2/c1-17-11-13-23(15-19(17)3)35-28(37)30(21(5)33-35)27(25-9-7-8-10-26(25)32)31(30)22(6)34-36(29(31)38)24-14-12-18(2)20(4)16-24/h7-16,27H,1-6H3/t27?,30-,31+. The first-order valence-electron chi connectivity index (χ1n) is 12.8. The van der Waals surface area contributed by atoms with Gasteiger partial charge in [-0.25, -0.2) is 0 Å². The minimum absolute atomic E-state index is 0.229. The molecule has 1 unspecified atom stereocenters. The number of amides is 2. The summed E-state index contributed by atoms with van der Waals surface area (Å²) in [6, 6.07) is 19.1. The number of rotatable bonds is 3. The van der Waals surface area contributed by atoms with Crippen molar-refractivity contribution < 1.29 is 9.59 Å². The van der Waals surface area contributed by atoms with Crippen molar-refractivity contribution in [2.75, 3.05) is 10.0 Å². The molecule has 2 amide bonds. The minimum atomic E-state index is -1.21. The quantitative estimate of drug-likeness (QED) is 0.393. The summed E-state index contributed by atoms with van der Waals surface area (Å²) in [5, 5.41) is 13.0. The van der Waals surface area contributed by atoms with Crippen LogP contribution in [0.3, 0.4) is 0 Å². The maximum atomic E-state index is 14.5. The Hall–Kier alpha value is -3.77. The lowest BCUT2D eigenvalue weighted by atomic mass is 9.85.